The second-order valence-electron chi connectivity index (χ2n) is 9.00. The van der Waals surface area contributed by atoms with Crippen LogP contribution < -0.4 is 4.90 Å². The molecule has 0 N–H and O–H groups in total. The van der Waals surface area contributed by atoms with Crippen LogP contribution in [0.1, 0.15) is 37.7 Å². The number of likely N-dealkylation sites (tertiary alicyclic amines) is 1. The van der Waals surface area contributed by atoms with Crippen LogP contribution in [0, 0.1) is 5.41 Å². The van der Waals surface area contributed by atoms with Crippen LogP contribution in [-0.4, -0.2) is 52.8 Å². The summed E-state index contributed by atoms with van der Waals surface area (Å²) >= 11 is 0. The van der Waals surface area contributed by atoms with Gasteiger partial charge in [-0.05, 0) is 43.4 Å². The molecule has 3 heterocycles. The summed E-state index contributed by atoms with van der Waals surface area (Å²) in [6.45, 7) is 3.48. The minimum atomic E-state index is -0.561. The van der Waals surface area contributed by atoms with Crippen LogP contribution in [0.2, 0.25) is 0 Å². The molecule has 2 aliphatic heterocycles. The Balaban J connectivity index is 1.35. The standard InChI is InChI=1S/C26H30N4O2/c31-24-12-14-26(13-6-4-10-22(26)30(24)20-21-8-2-1-3-9-21)25(32)29-18-16-28(17-19-29)23-11-5-7-15-27-23/h1-3,5,7-11,15H,4,6,12-14,16-20H2. The van der Waals surface area contributed by atoms with Gasteiger partial charge in [-0.15, -0.1) is 0 Å². The second-order valence-corrected chi connectivity index (χ2v) is 9.00. The van der Waals surface area contributed by atoms with E-state index in [0.717, 1.165) is 49.4 Å². The van der Waals surface area contributed by atoms with Crippen molar-refractivity contribution in [2.24, 2.45) is 5.41 Å². The maximum Gasteiger partial charge on any atom is 0.234 e. The van der Waals surface area contributed by atoms with Gasteiger partial charge < -0.3 is 14.7 Å². The number of hydrogen-bond acceptors (Lipinski definition) is 4. The molecule has 2 fully saturated rings. The zero-order chi connectivity index (χ0) is 22.0. The molecule has 0 spiro atoms. The minimum Gasteiger partial charge on any atom is -0.353 e. The smallest absolute Gasteiger partial charge is 0.234 e. The van der Waals surface area contributed by atoms with E-state index in [0.29, 0.717) is 32.5 Å². The van der Waals surface area contributed by atoms with E-state index in [-0.39, 0.29) is 11.8 Å². The Labute approximate surface area is 189 Å². The number of anilines is 1. The van der Waals surface area contributed by atoms with Gasteiger partial charge in [0.2, 0.25) is 11.8 Å². The van der Waals surface area contributed by atoms with Gasteiger partial charge in [0.05, 0.1) is 12.0 Å². The average Bonchev–Trinajstić information content (AvgIpc) is 2.87. The van der Waals surface area contributed by atoms with Gasteiger partial charge >= 0.3 is 0 Å². The molecule has 1 aromatic heterocycles. The highest BCUT2D eigenvalue weighted by atomic mass is 16.2. The summed E-state index contributed by atoms with van der Waals surface area (Å²) in [6.07, 6.45) is 7.78. The molecule has 1 aliphatic carbocycles. The number of aromatic nitrogens is 1. The average molecular weight is 431 g/mol. The van der Waals surface area contributed by atoms with Crippen LogP contribution in [0.4, 0.5) is 5.82 Å². The number of hydrogen-bond donors (Lipinski definition) is 0. The SMILES string of the molecule is O=C1CCC2(C(=O)N3CCN(c4ccccn4)CC3)CCCC=C2N1Cc1ccccc1. The van der Waals surface area contributed by atoms with E-state index < -0.39 is 5.41 Å². The van der Waals surface area contributed by atoms with E-state index >= 15 is 0 Å². The van der Waals surface area contributed by atoms with Crippen LogP contribution in [0.25, 0.3) is 0 Å². The summed E-state index contributed by atoms with van der Waals surface area (Å²) in [5.74, 6) is 1.30. The van der Waals surface area contributed by atoms with E-state index in [2.05, 4.69) is 16.0 Å². The van der Waals surface area contributed by atoms with Crippen LogP contribution in [0.3, 0.4) is 0 Å². The number of rotatable bonds is 4. The molecule has 5 rings (SSSR count). The van der Waals surface area contributed by atoms with Crippen LogP contribution >= 0.6 is 0 Å². The predicted molar refractivity (Wildman–Crippen MR) is 124 cm³/mol. The van der Waals surface area contributed by atoms with Gasteiger partial charge in [-0.1, -0.05) is 42.5 Å². The van der Waals surface area contributed by atoms with Crippen molar-refractivity contribution in [2.45, 2.75) is 38.6 Å². The number of carbonyl (C=O) groups excluding carboxylic acids is 2. The Bertz CT molecular complexity index is 999. The molecule has 1 aromatic carbocycles. The van der Waals surface area contributed by atoms with Crippen molar-refractivity contribution in [1.29, 1.82) is 0 Å². The fraction of sp³-hybridized carbons (Fsp3) is 0.423. The van der Waals surface area contributed by atoms with Crippen LogP contribution in [-0.2, 0) is 16.1 Å². The topological polar surface area (TPSA) is 56.8 Å². The quantitative estimate of drug-likeness (QED) is 0.744. The Morgan fingerprint density at radius 3 is 2.50 bits per heavy atom. The Kier molecular flexibility index (Phi) is 5.68. The fourth-order valence-corrected chi connectivity index (χ4v) is 5.42. The van der Waals surface area contributed by atoms with Gasteiger partial charge in [0.15, 0.2) is 0 Å². The number of benzene rings is 1. The van der Waals surface area contributed by atoms with Crippen molar-refractivity contribution in [1.82, 2.24) is 14.8 Å². The first kappa shape index (κ1) is 20.7. The Morgan fingerprint density at radius 1 is 0.969 bits per heavy atom. The molecular formula is C26H30N4O2. The zero-order valence-corrected chi connectivity index (χ0v) is 18.4. The normalized spacial score (nSPS) is 23.6. The molecule has 2 saturated heterocycles. The minimum absolute atomic E-state index is 0.130. The van der Waals surface area contributed by atoms with Crippen molar-refractivity contribution < 1.29 is 9.59 Å². The number of amides is 2. The molecular weight excluding hydrogens is 400 g/mol. The van der Waals surface area contributed by atoms with Crippen molar-refractivity contribution in [3.63, 3.8) is 0 Å². The number of nitrogens with zero attached hydrogens (tertiary/aromatic N) is 4. The lowest BCUT2D eigenvalue weighted by atomic mass is 9.68. The molecule has 0 bridgehead atoms. The van der Waals surface area contributed by atoms with Gasteiger partial charge in [-0.2, -0.15) is 0 Å². The van der Waals surface area contributed by atoms with Crippen molar-refractivity contribution in [2.75, 3.05) is 31.1 Å². The van der Waals surface area contributed by atoms with E-state index in [1.165, 1.54) is 0 Å². The fourth-order valence-electron chi connectivity index (χ4n) is 5.42. The summed E-state index contributed by atoms with van der Waals surface area (Å²) in [5.41, 5.74) is 1.48. The first-order valence-corrected chi connectivity index (χ1v) is 11.7. The van der Waals surface area contributed by atoms with Crippen LogP contribution in [0.5, 0.6) is 0 Å². The Morgan fingerprint density at radius 2 is 1.75 bits per heavy atom. The second kappa shape index (κ2) is 8.77. The molecule has 6 heteroatoms. The molecule has 1 unspecified atom stereocenters. The highest BCUT2D eigenvalue weighted by Crippen LogP contribution is 2.48. The van der Waals surface area contributed by atoms with Crippen molar-refractivity contribution >= 4 is 17.6 Å². The summed E-state index contributed by atoms with van der Waals surface area (Å²) < 4.78 is 0. The zero-order valence-electron chi connectivity index (χ0n) is 18.4. The molecule has 2 aromatic rings. The maximum atomic E-state index is 14.0. The molecule has 1 atom stereocenters. The lowest BCUT2D eigenvalue weighted by Gasteiger charge is -2.49. The lowest BCUT2D eigenvalue weighted by Crippen LogP contribution is -2.57. The number of pyridine rings is 1. The van der Waals surface area contributed by atoms with Crippen molar-refractivity contribution in [3.05, 3.63) is 72.1 Å². The molecule has 32 heavy (non-hydrogen) atoms. The van der Waals surface area contributed by atoms with E-state index in [4.69, 9.17) is 0 Å². The predicted octanol–water partition coefficient (Wildman–Crippen LogP) is 3.61. The molecule has 3 aliphatic rings. The van der Waals surface area contributed by atoms with E-state index in [1.807, 2.05) is 64.5 Å². The third-order valence-corrected chi connectivity index (χ3v) is 7.13. The molecule has 6 nitrogen and oxygen atoms in total. The first-order chi connectivity index (χ1) is 15.7. The highest BCUT2D eigenvalue weighted by molar-refractivity contribution is 5.91. The number of fused-ring (bicyclic) bond motifs is 1. The number of piperidine rings is 1. The van der Waals surface area contributed by atoms with Crippen molar-refractivity contribution in [3.8, 4) is 0 Å². The van der Waals surface area contributed by atoms with Gasteiger partial charge in [0.1, 0.15) is 5.82 Å². The molecule has 0 saturated carbocycles. The highest BCUT2D eigenvalue weighted by Gasteiger charge is 2.51. The third-order valence-electron chi connectivity index (χ3n) is 7.13. The monoisotopic (exact) mass is 430 g/mol. The molecule has 0 radical (unpaired) electrons. The largest absolute Gasteiger partial charge is 0.353 e. The summed E-state index contributed by atoms with van der Waals surface area (Å²) in [5, 5.41) is 0. The van der Waals surface area contributed by atoms with Gasteiger partial charge in [-0.3, -0.25) is 9.59 Å². The summed E-state index contributed by atoms with van der Waals surface area (Å²) in [4.78, 5) is 37.5. The Hall–Kier alpha value is -3.15. The summed E-state index contributed by atoms with van der Waals surface area (Å²) in [6, 6.07) is 16.0. The molecule has 166 valence electrons. The van der Waals surface area contributed by atoms with E-state index in [1.54, 1.807) is 0 Å². The van der Waals surface area contributed by atoms with Gasteiger partial charge in [0.25, 0.3) is 0 Å². The van der Waals surface area contributed by atoms with Gasteiger partial charge in [-0.25, -0.2) is 4.98 Å². The maximum absolute atomic E-state index is 14.0. The summed E-state index contributed by atoms with van der Waals surface area (Å²) in [7, 11) is 0. The van der Waals surface area contributed by atoms with E-state index in [9.17, 15) is 9.59 Å². The third kappa shape index (κ3) is 3.78. The first-order valence-electron chi connectivity index (χ1n) is 11.7. The number of piperazine rings is 1. The number of allylic oxidation sites excluding steroid dienone is 1. The van der Waals surface area contributed by atoms with Gasteiger partial charge in [0, 0.05) is 44.5 Å². The molecule has 2 amide bonds. The number of carbonyl (C=O) groups is 2. The lowest BCUT2D eigenvalue weighted by molar-refractivity contribution is -0.148. The van der Waals surface area contributed by atoms with Crippen LogP contribution in [0.15, 0.2) is 66.5 Å².